The largest absolute Gasteiger partial charge is 0.311 e. The molecule has 0 aliphatic carbocycles. The molecule has 4 heteroatoms. The third-order valence-corrected chi connectivity index (χ3v) is 3.73. The lowest BCUT2D eigenvalue weighted by Gasteiger charge is -2.06. The molecule has 0 fully saturated rings. The van der Waals surface area contributed by atoms with Crippen molar-refractivity contribution in [2.75, 3.05) is 6.54 Å². The number of nitrogens with zero attached hydrogens (tertiary/aromatic N) is 2. The molecule has 19 heavy (non-hydrogen) atoms. The van der Waals surface area contributed by atoms with Crippen LogP contribution < -0.4 is 5.32 Å². The van der Waals surface area contributed by atoms with Crippen molar-refractivity contribution in [3.05, 3.63) is 46.2 Å². The van der Waals surface area contributed by atoms with E-state index in [9.17, 15) is 0 Å². The second-order valence-electron chi connectivity index (χ2n) is 4.51. The van der Waals surface area contributed by atoms with E-state index in [-0.39, 0.29) is 0 Å². The molecule has 2 rings (SSSR count). The zero-order valence-corrected chi connectivity index (χ0v) is 12.9. The smallest absolute Gasteiger partial charge is 0.159 e. The maximum atomic E-state index is 4.59. The van der Waals surface area contributed by atoms with Gasteiger partial charge in [-0.2, -0.15) is 0 Å². The summed E-state index contributed by atoms with van der Waals surface area (Å²) in [6.07, 6.45) is 2.95. The Morgan fingerprint density at radius 1 is 1.26 bits per heavy atom. The first kappa shape index (κ1) is 14.2. The van der Waals surface area contributed by atoms with E-state index in [0.29, 0.717) is 0 Å². The Kier molecular flexibility index (Phi) is 5.05. The number of benzene rings is 1. The lowest BCUT2D eigenvalue weighted by atomic mass is 10.1. The third kappa shape index (κ3) is 3.85. The standard InChI is InChI=1S/C15H18BrN3/c1-3-7-17-10-13-6-8-18-15(19-13)12-5-4-11(2)14(16)9-12/h4-6,8-9,17H,3,7,10H2,1-2H3. The molecular weight excluding hydrogens is 302 g/mol. The van der Waals surface area contributed by atoms with Gasteiger partial charge < -0.3 is 5.32 Å². The van der Waals surface area contributed by atoms with Crippen molar-refractivity contribution in [3.63, 3.8) is 0 Å². The van der Waals surface area contributed by atoms with Crippen LogP contribution in [0.3, 0.4) is 0 Å². The van der Waals surface area contributed by atoms with Crippen LogP contribution in [0.2, 0.25) is 0 Å². The topological polar surface area (TPSA) is 37.8 Å². The minimum Gasteiger partial charge on any atom is -0.311 e. The summed E-state index contributed by atoms with van der Waals surface area (Å²) in [5.74, 6) is 0.775. The highest BCUT2D eigenvalue weighted by molar-refractivity contribution is 9.10. The molecule has 2 aromatic rings. The average molecular weight is 320 g/mol. The van der Waals surface area contributed by atoms with Gasteiger partial charge in [-0.05, 0) is 37.6 Å². The van der Waals surface area contributed by atoms with Crippen molar-refractivity contribution in [2.45, 2.75) is 26.8 Å². The highest BCUT2D eigenvalue weighted by Crippen LogP contribution is 2.23. The van der Waals surface area contributed by atoms with Crippen molar-refractivity contribution in [1.29, 1.82) is 0 Å². The van der Waals surface area contributed by atoms with Crippen molar-refractivity contribution in [3.8, 4) is 11.4 Å². The highest BCUT2D eigenvalue weighted by atomic mass is 79.9. The summed E-state index contributed by atoms with van der Waals surface area (Å²) in [5.41, 5.74) is 3.27. The lowest BCUT2D eigenvalue weighted by molar-refractivity contribution is 0.663. The molecule has 0 unspecified atom stereocenters. The predicted octanol–water partition coefficient (Wildman–Crippen LogP) is 3.71. The third-order valence-electron chi connectivity index (χ3n) is 2.88. The van der Waals surface area contributed by atoms with Crippen LogP contribution >= 0.6 is 15.9 Å². The van der Waals surface area contributed by atoms with Crippen molar-refractivity contribution < 1.29 is 0 Å². The van der Waals surface area contributed by atoms with Gasteiger partial charge in [0.1, 0.15) is 0 Å². The Bertz CT molecular complexity index is 555. The zero-order chi connectivity index (χ0) is 13.7. The Labute approximate surface area is 122 Å². The van der Waals surface area contributed by atoms with E-state index in [2.05, 4.69) is 63.3 Å². The van der Waals surface area contributed by atoms with E-state index in [1.54, 1.807) is 0 Å². The molecule has 1 aromatic heterocycles. The monoisotopic (exact) mass is 319 g/mol. The van der Waals surface area contributed by atoms with E-state index >= 15 is 0 Å². The fourth-order valence-corrected chi connectivity index (χ4v) is 2.14. The van der Waals surface area contributed by atoms with Crippen LogP contribution in [0, 0.1) is 6.92 Å². The molecular formula is C15H18BrN3. The van der Waals surface area contributed by atoms with Crippen LogP contribution in [0.4, 0.5) is 0 Å². The average Bonchev–Trinajstić information content (AvgIpc) is 2.43. The summed E-state index contributed by atoms with van der Waals surface area (Å²) >= 11 is 3.55. The van der Waals surface area contributed by atoms with E-state index < -0.39 is 0 Å². The van der Waals surface area contributed by atoms with Gasteiger partial charge in [-0.25, -0.2) is 9.97 Å². The molecule has 0 atom stereocenters. The number of hydrogen-bond donors (Lipinski definition) is 1. The zero-order valence-electron chi connectivity index (χ0n) is 11.3. The molecule has 0 amide bonds. The molecule has 0 saturated heterocycles. The molecule has 100 valence electrons. The Morgan fingerprint density at radius 2 is 2.11 bits per heavy atom. The number of rotatable bonds is 5. The molecule has 0 bridgehead atoms. The summed E-state index contributed by atoms with van der Waals surface area (Å²) in [5, 5.41) is 3.35. The molecule has 0 saturated carbocycles. The summed E-state index contributed by atoms with van der Waals surface area (Å²) in [4.78, 5) is 8.94. The second-order valence-corrected chi connectivity index (χ2v) is 5.37. The quantitative estimate of drug-likeness (QED) is 0.854. The minimum absolute atomic E-state index is 0.775. The van der Waals surface area contributed by atoms with Crippen molar-refractivity contribution in [2.24, 2.45) is 0 Å². The molecule has 3 nitrogen and oxygen atoms in total. The minimum atomic E-state index is 0.775. The van der Waals surface area contributed by atoms with Crippen LogP contribution in [0.1, 0.15) is 24.6 Å². The molecule has 0 radical (unpaired) electrons. The molecule has 1 aromatic carbocycles. The van der Waals surface area contributed by atoms with Gasteiger partial charge in [-0.1, -0.05) is 35.0 Å². The predicted molar refractivity (Wildman–Crippen MR) is 81.9 cm³/mol. The number of aryl methyl sites for hydroxylation is 1. The van der Waals surface area contributed by atoms with Gasteiger partial charge in [-0.3, -0.25) is 0 Å². The summed E-state index contributed by atoms with van der Waals surface area (Å²) in [7, 11) is 0. The Morgan fingerprint density at radius 3 is 2.84 bits per heavy atom. The van der Waals surface area contributed by atoms with Gasteiger partial charge in [0.05, 0.1) is 5.69 Å². The van der Waals surface area contributed by atoms with Gasteiger partial charge in [0.2, 0.25) is 0 Å². The Balaban J connectivity index is 2.19. The fourth-order valence-electron chi connectivity index (χ4n) is 1.76. The van der Waals surface area contributed by atoms with Crippen molar-refractivity contribution in [1.82, 2.24) is 15.3 Å². The Hall–Kier alpha value is -1.26. The number of halogens is 1. The molecule has 1 N–H and O–H groups in total. The van der Waals surface area contributed by atoms with E-state index in [1.165, 1.54) is 5.56 Å². The van der Waals surface area contributed by atoms with E-state index in [1.807, 2.05) is 12.3 Å². The molecule has 0 aliphatic rings. The maximum absolute atomic E-state index is 4.59. The van der Waals surface area contributed by atoms with Crippen LogP contribution in [0.15, 0.2) is 34.9 Å². The van der Waals surface area contributed by atoms with Crippen LogP contribution in [0.25, 0.3) is 11.4 Å². The SMILES string of the molecule is CCCNCc1ccnc(-c2ccc(C)c(Br)c2)n1. The first-order valence-corrected chi connectivity index (χ1v) is 7.29. The summed E-state index contributed by atoms with van der Waals surface area (Å²) < 4.78 is 1.09. The molecule has 0 spiro atoms. The maximum Gasteiger partial charge on any atom is 0.159 e. The number of aromatic nitrogens is 2. The molecule has 1 heterocycles. The number of nitrogens with one attached hydrogen (secondary N) is 1. The van der Waals surface area contributed by atoms with E-state index in [4.69, 9.17) is 0 Å². The highest BCUT2D eigenvalue weighted by Gasteiger charge is 2.04. The van der Waals surface area contributed by atoms with Gasteiger partial charge in [0.15, 0.2) is 5.82 Å². The number of hydrogen-bond acceptors (Lipinski definition) is 3. The van der Waals surface area contributed by atoms with Gasteiger partial charge in [0.25, 0.3) is 0 Å². The van der Waals surface area contributed by atoms with Crippen LogP contribution in [-0.4, -0.2) is 16.5 Å². The first-order valence-electron chi connectivity index (χ1n) is 6.50. The van der Waals surface area contributed by atoms with Crippen molar-refractivity contribution >= 4 is 15.9 Å². The van der Waals surface area contributed by atoms with E-state index in [0.717, 1.165) is 41.1 Å². The summed E-state index contributed by atoms with van der Waals surface area (Å²) in [6.45, 7) is 6.02. The normalized spacial score (nSPS) is 10.7. The lowest BCUT2D eigenvalue weighted by Crippen LogP contribution is -2.15. The first-order chi connectivity index (χ1) is 9.20. The van der Waals surface area contributed by atoms with Gasteiger partial charge >= 0.3 is 0 Å². The van der Waals surface area contributed by atoms with Crippen LogP contribution in [0.5, 0.6) is 0 Å². The summed E-state index contributed by atoms with van der Waals surface area (Å²) in [6, 6.07) is 8.15. The molecule has 0 aliphatic heterocycles. The van der Waals surface area contributed by atoms with Crippen LogP contribution in [-0.2, 0) is 6.54 Å². The fraction of sp³-hybridized carbons (Fsp3) is 0.333. The van der Waals surface area contributed by atoms with Gasteiger partial charge in [-0.15, -0.1) is 0 Å². The second kappa shape index (κ2) is 6.78. The van der Waals surface area contributed by atoms with Gasteiger partial charge in [0, 0.05) is 22.8 Å².